The molecule has 17 heteroatoms. The minimum Gasteiger partial charge on any atom is -0.546 e. The predicted octanol–water partition coefficient (Wildman–Crippen LogP) is -2.03. The lowest BCUT2D eigenvalue weighted by Gasteiger charge is -2.08. The van der Waals surface area contributed by atoms with Gasteiger partial charge >= 0.3 is 11.7 Å². The monoisotopic (exact) mass is 499 g/mol. The fraction of sp³-hybridized carbons (Fsp3) is 0.167. The Labute approximate surface area is 200 Å². The Bertz CT molecular complexity index is 1380. The summed E-state index contributed by atoms with van der Waals surface area (Å²) < 4.78 is 12.9. The van der Waals surface area contributed by atoms with Crippen LogP contribution in [-0.2, 0) is 17.6 Å². The maximum Gasteiger partial charge on any atom is 0.377 e. The predicted molar refractivity (Wildman–Crippen MR) is 115 cm³/mol. The number of nitrogen functional groups attached to an aromatic ring is 1. The summed E-state index contributed by atoms with van der Waals surface area (Å²) >= 11 is 1.29. The highest BCUT2D eigenvalue weighted by Crippen LogP contribution is 2.21. The molecule has 0 bridgehead atoms. The number of aromatic nitrogens is 8. The molecule has 3 aromatic heterocycles. The number of hydrazone groups is 1. The van der Waals surface area contributed by atoms with Gasteiger partial charge in [0, 0.05) is 12.6 Å². The van der Waals surface area contributed by atoms with Crippen LogP contribution >= 0.6 is 11.8 Å². The van der Waals surface area contributed by atoms with E-state index in [-0.39, 0.29) is 28.8 Å². The van der Waals surface area contributed by atoms with Gasteiger partial charge in [0.05, 0.1) is 17.9 Å². The molecule has 16 nitrogen and oxygen atoms in total. The van der Waals surface area contributed by atoms with E-state index < -0.39 is 18.5 Å². The number of benzene rings is 1. The average molecular weight is 499 g/mol. The van der Waals surface area contributed by atoms with Crippen LogP contribution < -0.4 is 25.7 Å². The summed E-state index contributed by atoms with van der Waals surface area (Å²) in [4.78, 5) is 23.5. The van der Waals surface area contributed by atoms with Crippen molar-refractivity contribution in [2.45, 2.75) is 10.9 Å². The Morgan fingerprint density at radius 1 is 1.40 bits per heavy atom. The molecule has 4 rings (SSSR count). The molecule has 4 aromatic rings. The molecule has 0 unspecified atom stereocenters. The third kappa shape index (κ3) is 5.41. The molecular formula is C18H17N11O5S. The number of amides is 1. The van der Waals surface area contributed by atoms with Crippen molar-refractivity contribution >= 4 is 35.7 Å². The van der Waals surface area contributed by atoms with Gasteiger partial charge in [0.15, 0.2) is 10.9 Å². The Kier molecular flexibility index (Phi) is 6.96. The number of thioether (sulfide) groups is 1. The van der Waals surface area contributed by atoms with Gasteiger partial charge in [-0.1, -0.05) is 23.9 Å². The first-order chi connectivity index (χ1) is 16.9. The van der Waals surface area contributed by atoms with E-state index in [1.807, 2.05) is 0 Å². The van der Waals surface area contributed by atoms with Gasteiger partial charge in [0.25, 0.3) is 11.5 Å². The van der Waals surface area contributed by atoms with E-state index in [0.29, 0.717) is 16.4 Å². The second-order valence-electron chi connectivity index (χ2n) is 6.73. The van der Waals surface area contributed by atoms with Gasteiger partial charge in [-0.05, 0) is 22.4 Å². The molecule has 0 aliphatic rings. The van der Waals surface area contributed by atoms with Crippen molar-refractivity contribution in [1.82, 2.24) is 40.8 Å². The zero-order chi connectivity index (χ0) is 24.8. The number of aryl methyl sites for hydroxylation is 1. The molecule has 0 fully saturated rings. The Hall–Kier alpha value is -4.80. The van der Waals surface area contributed by atoms with Gasteiger partial charge in [0.1, 0.15) is 23.8 Å². The number of para-hydroxylation sites is 1. The van der Waals surface area contributed by atoms with E-state index >= 15 is 0 Å². The van der Waals surface area contributed by atoms with Gasteiger partial charge in [-0.15, -0.1) is 20.1 Å². The van der Waals surface area contributed by atoms with Crippen LogP contribution in [-0.4, -0.2) is 60.1 Å². The van der Waals surface area contributed by atoms with E-state index in [2.05, 4.69) is 46.0 Å². The minimum absolute atomic E-state index is 0.000653. The van der Waals surface area contributed by atoms with Crippen LogP contribution in [0.15, 0.2) is 45.5 Å². The van der Waals surface area contributed by atoms with Crippen molar-refractivity contribution in [3.8, 4) is 11.6 Å². The topological polar surface area (TPSA) is 219 Å². The SMILES string of the molecule is Cn1cnnc1SCc1c(C(=O)NN=Cc2ccccc2OCC(=O)[O-])n[nH][n+]1-c1nonc1N. The summed E-state index contributed by atoms with van der Waals surface area (Å²) in [5.74, 6) is -1.43. The maximum atomic E-state index is 12.9. The van der Waals surface area contributed by atoms with Crippen LogP contribution in [0.25, 0.3) is 5.82 Å². The number of hydrogen-bond acceptors (Lipinski definition) is 13. The van der Waals surface area contributed by atoms with Crippen molar-refractivity contribution in [1.29, 1.82) is 0 Å². The number of rotatable bonds is 10. The van der Waals surface area contributed by atoms with Gasteiger partial charge in [-0.25, -0.2) is 5.43 Å². The summed E-state index contributed by atoms with van der Waals surface area (Å²) in [5.41, 5.74) is 8.99. The van der Waals surface area contributed by atoms with Crippen LogP contribution in [0.3, 0.4) is 0 Å². The smallest absolute Gasteiger partial charge is 0.377 e. The minimum atomic E-state index is -1.37. The summed E-state index contributed by atoms with van der Waals surface area (Å²) in [6, 6.07) is 6.55. The third-order valence-electron chi connectivity index (χ3n) is 4.37. The number of carboxylic acid groups (broad SMARTS) is 1. The number of aromatic amines is 1. The molecule has 0 atom stereocenters. The Morgan fingerprint density at radius 3 is 2.94 bits per heavy atom. The van der Waals surface area contributed by atoms with Gasteiger partial charge in [-0.2, -0.15) is 9.73 Å². The molecule has 1 amide bonds. The summed E-state index contributed by atoms with van der Waals surface area (Å²) in [5, 5.41) is 37.0. The number of carboxylic acids is 1. The normalized spacial score (nSPS) is 11.1. The number of anilines is 1. The van der Waals surface area contributed by atoms with E-state index in [1.54, 1.807) is 42.2 Å². The van der Waals surface area contributed by atoms with Crippen LogP contribution in [0.5, 0.6) is 5.75 Å². The summed E-state index contributed by atoms with van der Waals surface area (Å²) in [7, 11) is 1.78. The Morgan fingerprint density at radius 2 is 2.23 bits per heavy atom. The highest BCUT2D eigenvalue weighted by Gasteiger charge is 2.30. The van der Waals surface area contributed by atoms with Crippen LogP contribution in [0.4, 0.5) is 5.82 Å². The van der Waals surface area contributed by atoms with Crippen molar-refractivity contribution in [3.63, 3.8) is 0 Å². The van der Waals surface area contributed by atoms with Crippen molar-refractivity contribution in [3.05, 3.63) is 47.5 Å². The van der Waals surface area contributed by atoms with Gasteiger partial charge < -0.3 is 24.9 Å². The number of H-pyrrole nitrogens is 1. The second-order valence-corrected chi connectivity index (χ2v) is 7.67. The second kappa shape index (κ2) is 10.4. The quantitative estimate of drug-likeness (QED) is 0.0930. The average Bonchev–Trinajstić information content (AvgIpc) is 3.56. The first kappa shape index (κ1) is 23.4. The molecular weight excluding hydrogens is 482 g/mol. The molecule has 35 heavy (non-hydrogen) atoms. The van der Waals surface area contributed by atoms with Crippen molar-refractivity contribution in [2.75, 3.05) is 12.3 Å². The maximum absolute atomic E-state index is 12.9. The van der Waals surface area contributed by atoms with Crippen molar-refractivity contribution in [2.24, 2.45) is 12.1 Å². The molecule has 0 saturated carbocycles. The molecule has 0 aliphatic heterocycles. The Balaban J connectivity index is 1.55. The lowest BCUT2D eigenvalue weighted by Crippen LogP contribution is -2.38. The highest BCUT2D eigenvalue weighted by atomic mass is 32.2. The third-order valence-corrected chi connectivity index (χ3v) is 5.42. The lowest BCUT2D eigenvalue weighted by atomic mass is 10.2. The first-order valence-electron chi connectivity index (χ1n) is 9.73. The zero-order valence-electron chi connectivity index (χ0n) is 18.0. The zero-order valence-corrected chi connectivity index (χ0v) is 18.8. The molecule has 1 aromatic carbocycles. The molecule has 0 aliphatic carbocycles. The highest BCUT2D eigenvalue weighted by molar-refractivity contribution is 7.98. The number of hydrogen-bond donors (Lipinski definition) is 3. The largest absolute Gasteiger partial charge is 0.546 e. The van der Waals surface area contributed by atoms with E-state index in [4.69, 9.17) is 10.5 Å². The number of carbonyl (C=O) groups is 2. The van der Waals surface area contributed by atoms with E-state index in [1.165, 1.54) is 22.7 Å². The summed E-state index contributed by atoms with van der Waals surface area (Å²) in [6.07, 6.45) is 2.85. The van der Waals surface area contributed by atoms with E-state index in [0.717, 1.165) is 0 Å². The standard InChI is InChI=1S/C18H17N11O5S/c1-28-9-21-24-18(28)35-8-11-14(22-27-29(11)16-15(19)25-34-26-16)17(32)23-20-6-10-4-2-3-5-12(10)33-7-13(30)31/h2-6,9H,7-8H2,1H3,(H4,19,23,25,30,31,32). The fourth-order valence-electron chi connectivity index (χ4n) is 2.77. The van der Waals surface area contributed by atoms with Crippen LogP contribution in [0.2, 0.25) is 0 Å². The number of nitrogens with one attached hydrogen (secondary N) is 2. The van der Waals surface area contributed by atoms with Crippen molar-refractivity contribution < 1.29 is 28.7 Å². The molecule has 0 saturated heterocycles. The molecule has 4 N–H and O–H groups in total. The van der Waals surface area contributed by atoms with E-state index in [9.17, 15) is 14.7 Å². The van der Waals surface area contributed by atoms with Crippen LogP contribution in [0.1, 0.15) is 21.7 Å². The fourth-order valence-corrected chi connectivity index (χ4v) is 3.66. The lowest BCUT2D eigenvalue weighted by molar-refractivity contribution is -0.669. The number of ether oxygens (including phenoxy) is 1. The summed E-state index contributed by atoms with van der Waals surface area (Å²) in [6.45, 7) is -0.628. The first-order valence-corrected chi connectivity index (χ1v) is 10.7. The molecule has 0 radical (unpaired) electrons. The molecule has 3 heterocycles. The number of nitrogens with zero attached hydrogens (tertiary/aromatic N) is 8. The number of aliphatic carboxylic acids is 1. The molecule has 0 spiro atoms. The number of carbonyl (C=O) groups excluding carboxylic acids is 2. The number of nitrogens with two attached hydrogens (primary N) is 1. The van der Waals surface area contributed by atoms with Gasteiger partial charge in [-0.3, -0.25) is 4.79 Å². The molecule has 180 valence electrons. The van der Waals surface area contributed by atoms with Gasteiger partial charge in [0.2, 0.25) is 0 Å². The van der Waals surface area contributed by atoms with Crippen LogP contribution in [0, 0.1) is 0 Å².